The van der Waals surface area contributed by atoms with Crippen LogP contribution in [0.3, 0.4) is 0 Å². The molecule has 0 aromatic heterocycles. The molecule has 0 spiro atoms. The minimum atomic E-state index is -0.872. The van der Waals surface area contributed by atoms with Crippen molar-refractivity contribution in [2.24, 2.45) is 10.8 Å². The van der Waals surface area contributed by atoms with E-state index in [1.165, 1.54) is 0 Å². The van der Waals surface area contributed by atoms with Crippen molar-refractivity contribution in [1.29, 1.82) is 0 Å². The molecular weight excluding hydrogens is 268 g/mol. The number of carbonyl (C=O) groups excluding carboxylic acids is 1. The zero-order chi connectivity index (χ0) is 15.7. The predicted octanol–water partition coefficient (Wildman–Crippen LogP) is 1.87. The van der Waals surface area contributed by atoms with Crippen LogP contribution in [0, 0.1) is 10.8 Å². The lowest BCUT2D eigenvalue weighted by molar-refractivity contribution is -0.165. The van der Waals surface area contributed by atoms with E-state index in [-0.39, 0.29) is 11.3 Å². The third-order valence-corrected chi connectivity index (χ3v) is 5.37. The molecule has 5 heteroatoms. The van der Waals surface area contributed by atoms with Gasteiger partial charge in [-0.15, -0.1) is 0 Å². The molecule has 5 nitrogen and oxygen atoms in total. The quantitative estimate of drug-likeness (QED) is 0.834. The van der Waals surface area contributed by atoms with E-state index in [4.69, 9.17) is 0 Å². The summed E-state index contributed by atoms with van der Waals surface area (Å²) >= 11 is 0. The first-order chi connectivity index (χ1) is 9.84. The van der Waals surface area contributed by atoms with E-state index in [1.54, 1.807) is 4.90 Å². The van der Waals surface area contributed by atoms with Crippen LogP contribution >= 0.6 is 0 Å². The fourth-order valence-corrected chi connectivity index (χ4v) is 3.99. The van der Waals surface area contributed by atoms with Gasteiger partial charge >= 0.3 is 5.97 Å². The van der Waals surface area contributed by atoms with Crippen LogP contribution in [-0.4, -0.2) is 47.6 Å². The Morgan fingerprint density at radius 3 is 2.52 bits per heavy atom. The summed E-state index contributed by atoms with van der Waals surface area (Å²) in [5.74, 6) is -0.833. The Balaban J connectivity index is 2.28. The number of carbonyl (C=O) groups is 2. The SMILES string of the molecule is CCC1(C(=O)N2CCCC(C)(C)C2C(=O)O)CCCNC1. The Morgan fingerprint density at radius 1 is 1.29 bits per heavy atom. The van der Waals surface area contributed by atoms with Gasteiger partial charge < -0.3 is 15.3 Å². The zero-order valence-electron chi connectivity index (χ0n) is 13.4. The van der Waals surface area contributed by atoms with E-state index in [1.807, 2.05) is 20.8 Å². The van der Waals surface area contributed by atoms with Gasteiger partial charge in [0.25, 0.3) is 0 Å². The molecular formula is C16H28N2O3. The maximum atomic E-state index is 13.1. The van der Waals surface area contributed by atoms with Crippen molar-refractivity contribution in [2.45, 2.75) is 58.9 Å². The lowest BCUT2D eigenvalue weighted by Crippen LogP contribution is -2.61. The van der Waals surface area contributed by atoms with Gasteiger partial charge in [0, 0.05) is 13.1 Å². The number of amides is 1. The molecule has 2 unspecified atom stereocenters. The van der Waals surface area contributed by atoms with Gasteiger partial charge in [-0.25, -0.2) is 4.79 Å². The Kier molecular flexibility index (Phi) is 4.61. The number of nitrogens with zero attached hydrogens (tertiary/aromatic N) is 1. The summed E-state index contributed by atoms with van der Waals surface area (Å²) in [6.45, 7) is 8.15. The van der Waals surface area contributed by atoms with Crippen LogP contribution in [0.1, 0.15) is 52.9 Å². The maximum absolute atomic E-state index is 13.1. The predicted molar refractivity (Wildman–Crippen MR) is 81.0 cm³/mol. The van der Waals surface area contributed by atoms with Crippen molar-refractivity contribution in [2.75, 3.05) is 19.6 Å². The molecule has 2 fully saturated rings. The summed E-state index contributed by atoms with van der Waals surface area (Å²) in [6.07, 6.45) is 4.34. The van der Waals surface area contributed by atoms with Crippen molar-refractivity contribution in [3.05, 3.63) is 0 Å². The van der Waals surface area contributed by atoms with Crippen LogP contribution in [0.2, 0.25) is 0 Å². The number of piperidine rings is 2. The van der Waals surface area contributed by atoms with Gasteiger partial charge in [-0.1, -0.05) is 20.8 Å². The summed E-state index contributed by atoms with van der Waals surface area (Å²) in [5, 5.41) is 13.0. The standard InChI is InChI=1S/C16H28N2O3/c1-4-16(8-5-9-17-11-16)14(21)18-10-6-7-15(2,3)12(18)13(19)20/h12,17H,4-11H2,1-3H3,(H,19,20). The van der Waals surface area contributed by atoms with Gasteiger partial charge in [0.05, 0.1) is 5.41 Å². The molecule has 0 aliphatic carbocycles. The highest BCUT2D eigenvalue weighted by molar-refractivity contribution is 5.88. The first-order valence-corrected chi connectivity index (χ1v) is 8.09. The highest BCUT2D eigenvalue weighted by Gasteiger charge is 2.49. The van der Waals surface area contributed by atoms with Crippen LogP contribution < -0.4 is 5.32 Å². The second kappa shape index (κ2) is 5.95. The first-order valence-electron chi connectivity index (χ1n) is 8.09. The topological polar surface area (TPSA) is 69.6 Å². The van der Waals surface area contributed by atoms with Crippen molar-refractivity contribution in [3.8, 4) is 0 Å². The molecule has 2 aliphatic heterocycles. The first kappa shape index (κ1) is 16.3. The molecule has 0 radical (unpaired) electrons. The second-order valence-corrected chi connectivity index (χ2v) is 7.25. The third-order valence-electron chi connectivity index (χ3n) is 5.37. The summed E-state index contributed by atoms with van der Waals surface area (Å²) in [4.78, 5) is 26.5. The third kappa shape index (κ3) is 2.93. The number of aliphatic carboxylic acids is 1. The molecule has 2 saturated heterocycles. The molecule has 0 aromatic carbocycles. The van der Waals surface area contributed by atoms with Gasteiger partial charge in [-0.3, -0.25) is 4.79 Å². The molecule has 2 aliphatic rings. The number of hydrogen-bond donors (Lipinski definition) is 2. The smallest absolute Gasteiger partial charge is 0.326 e. The molecule has 0 bridgehead atoms. The number of rotatable bonds is 3. The normalized spacial score (nSPS) is 32.7. The fourth-order valence-electron chi connectivity index (χ4n) is 3.99. The molecule has 2 heterocycles. The second-order valence-electron chi connectivity index (χ2n) is 7.25. The molecule has 2 N–H and O–H groups in total. The molecule has 1 amide bonds. The number of hydrogen-bond acceptors (Lipinski definition) is 3. The summed E-state index contributed by atoms with van der Waals surface area (Å²) in [5.41, 5.74) is -0.782. The van der Waals surface area contributed by atoms with Crippen LogP contribution in [0.15, 0.2) is 0 Å². The molecule has 21 heavy (non-hydrogen) atoms. The van der Waals surface area contributed by atoms with E-state index in [0.717, 1.165) is 38.6 Å². The lowest BCUT2D eigenvalue weighted by atomic mass is 9.72. The number of carboxylic acids is 1. The summed E-state index contributed by atoms with van der Waals surface area (Å²) in [7, 11) is 0. The van der Waals surface area contributed by atoms with Gasteiger partial charge in [-0.05, 0) is 44.1 Å². The molecule has 2 atom stereocenters. The van der Waals surface area contributed by atoms with E-state index in [2.05, 4.69) is 5.32 Å². The minimum absolute atomic E-state index is 0.0392. The Bertz CT molecular complexity index is 414. The van der Waals surface area contributed by atoms with Crippen molar-refractivity contribution < 1.29 is 14.7 Å². The number of nitrogens with one attached hydrogen (secondary N) is 1. The summed E-state index contributed by atoms with van der Waals surface area (Å²) < 4.78 is 0. The highest BCUT2D eigenvalue weighted by atomic mass is 16.4. The Morgan fingerprint density at radius 2 is 2.00 bits per heavy atom. The maximum Gasteiger partial charge on any atom is 0.326 e. The largest absolute Gasteiger partial charge is 0.480 e. The van der Waals surface area contributed by atoms with Crippen LogP contribution in [-0.2, 0) is 9.59 Å². The van der Waals surface area contributed by atoms with Crippen LogP contribution in [0.25, 0.3) is 0 Å². The molecule has 120 valence electrons. The average Bonchev–Trinajstić information content (AvgIpc) is 2.45. The molecule has 2 rings (SSSR count). The van der Waals surface area contributed by atoms with E-state index in [9.17, 15) is 14.7 Å². The van der Waals surface area contributed by atoms with Crippen molar-refractivity contribution in [3.63, 3.8) is 0 Å². The average molecular weight is 296 g/mol. The Hall–Kier alpha value is -1.10. The Labute approximate surface area is 127 Å². The molecule has 0 aromatic rings. The highest BCUT2D eigenvalue weighted by Crippen LogP contribution is 2.40. The minimum Gasteiger partial charge on any atom is -0.480 e. The van der Waals surface area contributed by atoms with E-state index < -0.39 is 17.4 Å². The van der Waals surface area contributed by atoms with E-state index >= 15 is 0 Å². The van der Waals surface area contributed by atoms with Crippen molar-refractivity contribution in [1.82, 2.24) is 10.2 Å². The zero-order valence-corrected chi connectivity index (χ0v) is 13.4. The monoisotopic (exact) mass is 296 g/mol. The summed E-state index contributed by atoms with van der Waals surface area (Å²) in [6, 6.07) is -0.705. The van der Waals surface area contributed by atoms with Gasteiger partial charge in [0.15, 0.2) is 0 Å². The van der Waals surface area contributed by atoms with Crippen LogP contribution in [0.5, 0.6) is 0 Å². The number of carboxylic acid groups (broad SMARTS) is 1. The van der Waals surface area contributed by atoms with Crippen molar-refractivity contribution >= 4 is 11.9 Å². The van der Waals surface area contributed by atoms with E-state index in [0.29, 0.717) is 13.1 Å². The number of likely N-dealkylation sites (tertiary alicyclic amines) is 1. The fraction of sp³-hybridized carbons (Fsp3) is 0.875. The molecule has 0 saturated carbocycles. The van der Waals surface area contributed by atoms with Gasteiger partial charge in [0.1, 0.15) is 6.04 Å². The van der Waals surface area contributed by atoms with Gasteiger partial charge in [0.2, 0.25) is 5.91 Å². The van der Waals surface area contributed by atoms with Gasteiger partial charge in [-0.2, -0.15) is 0 Å². The lowest BCUT2D eigenvalue weighted by Gasteiger charge is -2.48. The van der Waals surface area contributed by atoms with Crippen LogP contribution in [0.4, 0.5) is 0 Å².